The Balaban J connectivity index is 2.26. The van der Waals surface area contributed by atoms with Crippen LogP contribution in [0.1, 0.15) is 18.2 Å². The van der Waals surface area contributed by atoms with E-state index in [1.54, 1.807) is 0 Å². The Hall–Kier alpha value is -1.14. The van der Waals surface area contributed by atoms with E-state index in [-0.39, 0.29) is 12.0 Å². The second-order valence-electron chi connectivity index (χ2n) is 5.18. The minimum absolute atomic E-state index is 0.141. The van der Waals surface area contributed by atoms with E-state index in [2.05, 4.69) is 9.05 Å². The molecule has 1 aromatic heterocycles. The van der Waals surface area contributed by atoms with Crippen molar-refractivity contribution in [3.63, 3.8) is 0 Å². The molecule has 0 amide bonds. The molecule has 25 heavy (non-hydrogen) atoms. The maximum atomic E-state index is 11.8. The van der Waals surface area contributed by atoms with E-state index in [0.717, 1.165) is 10.8 Å². The number of nitrogens with one attached hydrogen (secondary N) is 1. The van der Waals surface area contributed by atoms with Gasteiger partial charge >= 0.3 is 5.69 Å². The van der Waals surface area contributed by atoms with Crippen LogP contribution in [0.3, 0.4) is 0 Å². The lowest BCUT2D eigenvalue weighted by atomic mass is 10.2. The lowest BCUT2D eigenvalue weighted by Gasteiger charge is -2.35. The molecule has 0 unspecified atom stereocenters. The number of H-pyrrole nitrogens is 1. The average Bonchev–Trinajstić information content (AvgIpc) is 2.80. The zero-order valence-electron chi connectivity index (χ0n) is 12.6. The van der Waals surface area contributed by atoms with Crippen molar-refractivity contribution in [3.8, 4) is 0 Å². The van der Waals surface area contributed by atoms with Gasteiger partial charge in [0.1, 0.15) is 12.3 Å². The van der Waals surface area contributed by atoms with Crippen molar-refractivity contribution in [3.05, 3.63) is 32.6 Å². The maximum Gasteiger partial charge on any atom is 0.330 e. The van der Waals surface area contributed by atoms with Crippen molar-refractivity contribution in [1.29, 1.82) is 0 Å². The van der Waals surface area contributed by atoms with E-state index < -0.39 is 51.9 Å². The Morgan fingerprint density at radius 3 is 2.48 bits per heavy atom. The van der Waals surface area contributed by atoms with Gasteiger partial charge in [-0.2, -0.15) is 0 Å². The Labute approximate surface area is 139 Å². The van der Waals surface area contributed by atoms with E-state index in [1.807, 2.05) is 4.98 Å². The second kappa shape index (κ2) is 7.23. The highest BCUT2D eigenvalue weighted by atomic mass is 31.2. The van der Waals surface area contributed by atoms with Crippen molar-refractivity contribution in [2.75, 3.05) is 6.61 Å². The van der Waals surface area contributed by atoms with Crippen molar-refractivity contribution in [1.82, 2.24) is 9.55 Å². The Kier molecular flexibility index (Phi) is 5.84. The molecule has 1 N–H and O–H groups in total. The predicted molar refractivity (Wildman–Crippen MR) is 70.6 cm³/mol. The standard InChI is InChI=1S/C10H16N2O11P2/c1-5-3-12(10(14)11-9(5)13)8-2-6(23-25(18,19)20)7(22-8)4-21-24(15,16)17/h3,6-8H,2,4H2,1H3,(H,11,13,14)(H2,15,16,17)(H2,18,19,20)/p-4/t6-,7+,8+/m0/s1. The molecule has 1 aliphatic rings. The van der Waals surface area contributed by atoms with Crippen LogP contribution in [-0.4, -0.2) is 28.4 Å². The molecule has 1 aliphatic heterocycles. The van der Waals surface area contributed by atoms with Gasteiger partial charge in [0, 0.05) is 18.2 Å². The number of aryl methyl sites for hydroxylation is 1. The summed E-state index contributed by atoms with van der Waals surface area (Å²) in [5, 5.41) is 0. The summed E-state index contributed by atoms with van der Waals surface area (Å²) in [6, 6.07) is 0. The molecule has 3 atom stereocenters. The van der Waals surface area contributed by atoms with Crippen molar-refractivity contribution < 1.29 is 42.5 Å². The summed E-state index contributed by atoms with van der Waals surface area (Å²) in [7, 11) is -10.9. The van der Waals surface area contributed by atoms with Crippen molar-refractivity contribution in [2.24, 2.45) is 0 Å². The monoisotopic (exact) mass is 398 g/mol. The number of phosphoric acid groups is 2. The number of rotatable bonds is 6. The average molecular weight is 398 g/mol. The molecule has 15 heteroatoms. The van der Waals surface area contributed by atoms with Crippen LogP contribution in [0.2, 0.25) is 0 Å². The first-order valence-corrected chi connectivity index (χ1v) is 9.62. The summed E-state index contributed by atoms with van der Waals surface area (Å²) in [5.74, 6) is 0. The molecular weight excluding hydrogens is 386 g/mol. The largest absolute Gasteiger partial charge is 0.790 e. The quantitative estimate of drug-likeness (QED) is 0.459. The van der Waals surface area contributed by atoms with Gasteiger partial charge in [-0.25, -0.2) is 4.79 Å². The van der Waals surface area contributed by atoms with Crippen LogP contribution in [0.5, 0.6) is 0 Å². The molecule has 1 aromatic rings. The molecule has 142 valence electrons. The Bertz CT molecular complexity index is 836. The van der Waals surface area contributed by atoms with Crippen LogP contribution in [0.4, 0.5) is 0 Å². The minimum Gasteiger partial charge on any atom is -0.790 e. The van der Waals surface area contributed by atoms with Gasteiger partial charge in [-0.1, -0.05) is 0 Å². The summed E-state index contributed by atoms with van der Waals surface area (Å²) >= 11 is 0. The lowest BCUT2D eigenvalue weighted by molar-refractivity contribution is -0.346. The van der Waals surface area contributed by atoms with E-state index in [9.17, 15) is 38.3 Å². The zero-order valence-corrected chi connectivity index (χ0v) is 14.3. The summed E-state index contributed by atoms with van der Waals surface area (Å²) in [6.45, 7) is 0.482. The van der Waals surface area contributed by atoms with E-state index in [1.165, 1.54) is 6.92 Å². The van der Waals surface area contributed by atoms with Crippen LogP contribution < -0.4 is 30.8 Å². The normalized spacial score (nSPS) is 24.6. The third kappa shape index (κ3) is 5.68. The predicted octanol–water partition coefficient (Wildman–Crippen LogP) is -3.81. The van der Waals surface area contributed by atoms with Crippen LogP contribution in [-0.2, 0) is 22.9 Å². The topological polar surface area (TPSA) is 209 Å². The van der Waals surface area contributed by atoms with E-state index in [4.69, 9.17) is 4.74 Å². The van der Waals surface area contributed by atoms with Crippen LogP contribution in [0.15, 0.2) is 15.8 Å². The second-order valence-corrected chi connectivity index (χ2v) is 7.44. The van der Waals surface area contributed by atoms with Gasteiger partial charge in [-0.15, -0.1) is 0 Å². The lowest BCUT2D eigenvalue weighted by Crippen LogP contribution is -2.34. The maximum absolute atomic E-state index is 11.8. The number of hydrogen-bond donors (Lipinski definition) is 1. The Morgan fingerprint density at radius 2 is 1.92 bits per heavy atom. The van der Waals surface area contributed by atoms with Gasteiger partial charge in [0.05, 0.1) is 28.4 Å². The smallest absolute Gasteiger partial charge is 0.330 e. The minimum atomic E-state index is -5.47. The van der Waals surface area contributed by atoms with Gasteiger partial charge in [0.2, 0.25) is 0 Å². The number of aromatic amines is 1. The highest BCUT2D eigenvalue weighted by Gasteiger charge is 2.38. The molecule has 0 saturated carbocycles. The SMILES string of the molecule is Cc1cn([C@H]2C[C@H](OP(=O)([O-])[O-])[C@@H](COP(=O)([O-])[O-])O2)c(=O)[nH]c1=O. The molecular formula is C10H12N2O11P2-4. The van der Waals surface area contributed by atoms with Crippen LogP contribution in [0, 0.1) is 6.92 Å². The number of ether oxygens (including phenoxy) is 1. The fraction of sp³-hybridized carbons (Fsp3) is 0.600. The van der Waals surface area contributed by atoms with E-state index >= 15 is 0 Å². The molecule has 0 aromatic carbocycles. The number of nitrogens with zero attached hydrogens (tertiary/aromatic N) is 1. The van der Waals surface area contributed by atoms with Crippen molar-refractivity contribution in [2.45, 2.75) is 31.8 Å². The molecule has 2 heterocycles. The van der Waals surface area contributed by atoms with Crippen LogP contribution in [0.25, 0.3) is 0 Å². The number of hydrogen-bond acceptors (Lipinski definition) is 11. The third-order valence-electron chi connectivity index (χ3n) is 3.30. The highest BCUT2D eigenvalue weighted by Crippen LogP contribution is 2.39. The Morgan fingerprint density at radius 1 is 1.28 bits per heavy atom. The van der Waals surface area contributed by atoms with Gasteiger partial charge in [0.15, 0.2) is 0 Å². The molecule has 1 fully saturated rings. The summed E-state index contributed by atoms with van der Waals surface area (Å²) in [6.07, 6.45) is -3.33. The zero-order chi connectivity index (χ0) is 19.0. The molecule has 13 nitrogen and oxygen atoms in total. The molecule has 2 rings (SSSR count). The van der Waals surface area contributed by atoms with Gasteiger partial charge in [-0.3, -0.25) is 14.3 Å². The number of aromatic nitrogens is 2. The fourth-order valence-corrected chi connectivity index (χ4v) is 3.15. The molecule has 0 bridgehead atoms. The first-order chi connectivity index (χ1) is 11.4. The number of phosphoric ester groups is 2. The molecule has 0 aliphatic carbocycles. The third-order valence-corrected chi connectivity index (χ3v) is 4.29. The fourth-order valence-electron chi connectivity index (χ4n) is 2.26. The molecule has 1 saturated heterocycles. The molecule has 0 radical (unpaired) electrons. The summed E-state index contributed by atoms with van der Waals surface area (Å²) in [5.41, 5.74) is -1.39. The summed E-state index contributed by atoms with van der Waals surface area (Å²) < 4.78 is 35.8. The van der Waals surface area contributed by atoms with E-state index in [0.29, 0.717) is 0 Å². The first-order valence-electron chi connectivity index (χ1n) is 6.70. The van der Waals surface area contributed by atoms with Crippen molar-refractivity contribution >= 4 is 15.6 Å². The van der Waals surface area contributed by atoms with Gasteiger partial charge in [-0.05, 0) is 6.92 Å². The van der Waals surface area contributed by atoms with Gasteiger partial charge in [0.25, 0.3) is 5.56 Å². The first kappa shape index (κ1) is 20.2. The summed E-state index contributed by atoms with van der Waals surface area (Å²) in [4.78, 5) is 67.9. The highest BCUT2D eigenvalue weighted by molar-refractivity contribution is 7.43. The molecule has 0 spiro atoms. The van der Waals surface area contributed by atoms with Crippen LogP contribution >= 0.6 is 15.6 Å². The van der Waals surface area contributed by atoms with Gasteiger partial charge < -0.3 is 42.5 Å².